The molecular formula is C15H18Cl2N2O3. The van der Waals surface area contributed by atoms with Crippen molar-refractivity contribution < 1.29 is 14.7 Å². The molecule has 1 fully saturated rings. The van der Waals surface area contributed by atoms with Crippen molar-refractivity contribution in [1.82, 2.24) is 10.6 Å². The van der Waals surface area contributed by atoms with Crippen LogP contribution in [0, 0.1) is 0 Å². The second kappa shape index (κ2) is 6.86. The van der Waals surface area contributed by atoms with Gasteiger partial charge in [-0.05, 0) is 43.5 Å². The van der Waals surface area contributed by atoms with E-state index in [4.69, 9.17) is 23.2 Å². The zero-order chi connectivity index (χ0) is 16.3. The number of benzene rings is 1. The number of aliphatic hydroxyl groups excluding tert-OH is 1. The molecule has 2 rings (SSSR count). The Hall–Kier alpha value is -1.30. The van der Waals surface area contributed by atoms with Gasteiger partial charge < -0.3 is 15.7 Å². The number of hydrogen-bond donors (Lipinski definition) is 3. The number of carbonyl (C=O) groups excluding carboxylic acids is 2. The predicted octanol–water partition coefficient (Wildman–Crippen LogP) is 1.99. The highest BCUT2D eigenvalue weighted by atomic mass is 35.5. The SMILES string of the molecule is C[C@@](CO)(NC(=O)[C@@H]1CCCC(=O)N1)c1cc(Cl)cc(Cl)c1. The summed E-state index contributed by atoms with van der Waals surface area (Å²) in [5.74, 6) is -0.469. The molecule has 0 spiro atoms. The van der Waals surface area contributed by atoms with Gasteiger partial charge in [-0.2, -0.15) is 0 Å². The third-order valence-corrected chi connectivity index (χ3v) is 4.20. The average Bonchev–Trinajstić information content (AvgIpc) is 2.46. The minimum atomic E-state index is -1.03. The van der Waals surface area contributed by atoms with Crippen molar-refractivity contribution in [3.05, 3.63) is 33.8 Å². The van der Waals surface area contributed by atoms with Gasteiger partial charge in [-0.3, -0.25) is 9.59 Å². The highest BCUT2D eigenvalue weighted by Gasteiger charge is 2.33. The van der Waals surface area contributed by atoms with E-state index in [-0.39, 0.29) is 18.4 Å². The van der Waals surface area contributed by atoms with Gasteiger partial charge >= 0.3 is 0 Å². The summed E-state index contributed by atoms with van der Waals surface area (Å²) in [7, 11) is 0. The van der Waals surface area contributed by atoms with E-state index in [1.54, 1.807) is 25.1 Å². The van der Waals surface area contributed by atoms with Crippen LogP contribution in [-0.4, -0.2) is 29.6 Å². The molecule has 0 unspecified atom stereocenters. The highest BCUT2D eigenvalue weighted by molar-refractivity contribution is 6.34. The number of nitrogens with one attached hydrogen (secondary N) is 2. The maximum atomic E-state index is 12.4. The van der Waals surface area contributed by atoms with Gasteiger partial charge in [-0.1, -0.05) is 23.2 Å². The summed E-state index contributed by atoms with van der Waals surface area (Å²) in [5.41, 5.74) is -0.434. The Labute approximate surface area is 139 Å². The van der Waals surface area contributed by atoms with Crippen LogP contribution >= 0.6 is 23.2 Å². The quantitative estimate of drug-likeness (QED) is 0.781. The number of rotatable bonds is 4. The third-order valence-electron chi connectivity index (χ3n) is 3.76. The molecule has 1 aliphatic rings. The lowest BCUT2D eigenvalue weighted by molar-refractivity contribution is -0.132. The second-order valence-corrected chi connectivity index (χ2v) is 6.52. The Balaban J connectivity index is 2.19. The van der Waals surface area contributed by atoms with Crippen molar-refractivity contribution in [3.8, 4) is 0 Å². The van der Waals surface area contributed by atoms with Gasteiger partial charge in [-0.15, -0.1) is 0 Å². The molecule has 3 N–H and O–H groups in total. The van der Waals surface area contributed by atoms with Gasteiger partial charge in [0, 0.05) is 16.5 Å². The molecule has 2 amide bonds. The minimum Gasteiger partial charge on any atom is -0.394 e. The molecule has 0 aromatic heterocycles. The molecule has 1 heterocycles. The Bertz CT molecular complexity index is 574. The van der Waals surface area contributed by atoms with E-state index in [0.717, 1.165) is 0 Å². The zero-order valence-corrected chi connectivity index (χ0v) is 13.7. The lowest BCUT2D eigenvalue weighted by Gasteiger charge is -2.32. The Morgan fingerprint density at radius 1 is 1.41 bits per heavy atom. The van der Waals surface area contributed by atoms with E-state index in [2.05, 4.69) is 10.6 Å². The molecule has 2 atom stereocenters. The van der Waals surface area contributed by atoms with Crippen molar-refractivity contribution in [2.75, 3.05) is 6.61 Å². The number of piperidine rings is 1. The van der Waals surface area contributed by atoms with Crippen molar-refractivity contribution in [2.24, 2.45) is 0 Å². The summed E-state index contributed by atoms with van der Waals surface area (Å²) in [4.78, 5) is 23.8. The van der Waals surface area contributed by atoms with Gasteiger partial charge in [0.15, 0.2) is 0 Å². The van der Waals surface area contributed by atoms with E-state index in [0.29, 0.717) is 34.9 Å². The number of amides is 2. The summed E-state index contributed by atoms with van der Waals surface area (Å²) < 4.78 is 0. The lowest BCUT2D eigenvalue weighted by atomic mass is 9.91. The summed E-state index contributed by atoms with van der Waals surface area (Å²) >= 11 is 12.0. The molecular weight excluding hydrogens is 327 g/mol. The number of aliphatic hydroxyl groups is 1. The van der Waals surface area contributed by atoms with Crippen LogP contribution in [0.15, 0.2) is 18.2 Å². The zero-order valence-electron chi connectivity index (χ0n) is 12.2. The molecule has 0 aliphatic carbocycles. The molecule has 1 saturated heterocycles. The van der Waals surface area contributed by atoms with E-state index >= 15 is 0 Å². The Morgan fingerprint density at radius 2 is 2.05 bits per heavy atom. The van der Waals surface area contributed by atoms with Crippen molar-refractivity contribution >= 4 is 35.0 Å². The predicted molar refractivity (Wildman–Crippen MR) is 84.8 cm³/mol. The van der Waals surface area contributed by atoms with E-state index in [1.165, 1.54) is 0 Å². The normalized spacial score (nSPS) is 20.9. The molecule has 0 saturated carbocycles. The fraction of sp³-hybridized carbons (Fsp3) is 0.467. The summed E-state index contributed by atoms with van der Waals surface area (Å²) in [5, 5.41) is 16.0. The molecule has 22 heavy (non-hydrogen) atoms. The molecule has 7 heteroatoms. The number of carbonyl (C=O) groups is 2. The smallest absolute Gasteiger partial charge is 0.243 e. The van der Waals surface area contributed by atoms with Gasteiger partial charge in [0.1, 0.15) is 6.04 Å². The second-order valence-electron chi connectivity index (χ2n) is 5.65. The summed E-state index contributed by atoms with van der Waals surface area (Å²) in [6.07, 6.45) is 1.68. The van der Waals surface area contributed by atoms with E-state index < -0.39 is 11.6 Å². The van der Waals surface area contributed by atoms with Crippen LogP contribution in [0.5, 0.6) is 0 Å². The van der Waals surface area contributed by atoms with E-state index in [9.17, 15) is 14.7 Å². The maximum absolute atomic E-state index is 12.4. The first-order chi connectivity index (χ1) is 10.3. The molecule has 1 aliphatic heterocycles. The Morgan fingerprint density at radius 3 is 2.59 bits per heavy atom. The first-order valence-corrected chi connectivity index (χ1v) is 7.78. The third kappa shape index (κ3) is 3.91. The van der Waals surface area contributed by atoms with Crippen LogP contribution < -0.4 is 10.6 Å². The van der Waals surface area contributed by atoms with Crippen LogP contribution in [-0.2, 0) is 15.1 Å². The van der Waals surface area contributed by atoms with Gasteiger partial charge in [0.25, 0.3) is 0 Å². The van der Waals surface area contributed by atoms with Gasteiger partial charge in [0.05, 0.1) is 12.1 Å². The molecule has 1 aromatic rings. The van der Waals surface area contributed by atoms with Crippen LogP contribution in [0.3, 0.4) is 0 Å². The fourth-order valence-corrected chi connectivity index (χ4v) is 2.96. The number of halogens is 2. The van der Waals surface area contributed by atoms with Crippen molar-refractivity contribution in [2.45, 2.75) is 37.8 Å². The van der Waals surface area contributed by atoms with Crippen LogP contribution in [0.1, 0.15) is 31.7 Å². The first-order valence-electron chi connectivity index (χ1n) is 7.03. The standard InChI is InChI=1S/C15H18Cl2N2O3/c1-15(8-20,9-5-10(16)7-11(17)6-9)19-14(22)12-3-2-4-13(21)18-12/h5-7,12,20H,2-4,8H2,1H3,(H,18,21)(H,19,22)/t12-,15-/m0/s1. The molecule has 1 aromatic carbocycles. The molecule has 5 nitrogen and oxygen atoms in total. The molecule has 0 bridgehead atoms. The number of hydrogen-bond acceptors (Lipinski definition) is 3. The largest absolute Gasteiger partial charge is 0.394 e. The van der Waals surface area contributed by atoms with Crippen LogP contribution in [0.25, 0.3) is 0 Å². The summed E-state index contributed by atoms with van der Waals surface area (Å²) in [6.45, 7) is 1.35. The monoisotopic (exact) mass is 344 g/mol. The minimum absolute atomic E-state index is 0.136. The lowest BCUT2D eigenvalue weighted by Crippen LogP contribution is -2.55. The topological polar surface area (TPSA) is 78.4 Å². The van der Waals surface area contributed by atoms with Crippen LogP contribution in [0.2, 0.25) is 10.0 Å². The van der Waals surface area contributed by atoms with Crippen molar-refractivity contribution in [1.29, 1.82) is 0 Å². The van der Waals surface area contributed by atoms with Crippen LogP contribution in [0.4, 0.5) is 0 Å². The highest BCUT2D eigenvalue weighted by Crippen LogP contribution is 2.27. The maximum Gasteiger partial charge on any atom is 0.243 e. The molecule has 0 radical (unpaired) electrons. The van der Waals surface area contributed by atoms with Gasteiger partial charge in [-0.25, -0.2) is 0 Å². The summed E-state index contributed by atoms with van der Waals surface area (Å²) in [6, 6.07) is 4.28. The molecule has 120 valence electrons. The fourth-order valence-electron chi connectivity index (χ4n) is 2.44. The van der Waals surface area contributed by atoms with Gasteiger partial charge in [0.2, 0.25) is 11.8 Å². The van der Waals surface area contributed by atoms with E-state index in [1.807, 2.05) is 0 Å². The van der Waals surface area contributed by atoms with Crippen molar-refractivity contribution in [3.63, 3.8) is 0 Å². The Kier molecular flexibility index (Phi) is 5.32. The average molecular weight is 345 g/mol. The first kappa shape index (κ1) is 17.1.